The minimum absolute atomic E-state index is 0.612. The van der Waals surface area contributed by atoms with Crippen LogP contribution >= 0.6 is 0 Å². The number of nitrogen functional groups attached to an aromatic ring is 1. The van der Waals surface area contributed by atoms with Gasteiger partial charge in [0.2, 0.25) is 0 Å². The Morgan fingerprint density at radius 1 is 1.44 bits per heavy atom. The van der Waals surface area contributed by atoms with Crippen LogP contribution < -0.4 is 11.1 Å². The van der Waals surface area contributed by atoms with E-state index in [9.17, 15) is 0 Å². The van der Waals surface area contributed by atoms with Crippen molar-refractivity contribution in [2.45, 2.75) is 25.7 Å². The lowest BCUT2D eigenvalue weighted by molar-refractivity contribution is 0.687. The molecule has 0 bridgehead atoms. The molecule has 0 aliphatic heterocycles. The first-order chi connectivity index (χ1) is 7.79. The van der Waals surface area contributed by atoms with Gasteiger partial charge < -0.3 is 11.1 Å². The van der Waals surface area contributed by atoms with Crippen LogP contribution in [0.1, 0.15) is 31.2 Å². The van der Waals surface area contributed by atoms with Crippen LogP contribution in [0.5, 0.6) is 0 Å². The maximum Gasteiger partial charge on any atom is 0.0992 e. The molecule has 2 rings (SSSR count). The number of nitrogens with one attached hydrogen (secondary N) is 1. The molecule has 16 heavy (non-hydrogen) atoms. The molecule has 1 aromatic carbocycles. The molecule has 0 aromatic heterocycles. The summed E-state index contributed by atoms with van der Waals surface area (Å²) in [7, 11) is 0. The number of hydrogen-bond acceptors (Lipinski definition) is 3. The Morgan fingerprint density at radius 3 is 2.88 bits per heavy atom. The third-order valence-corrected chi connectivity index (χ3v) is 2.98. The fourth-order valence-electron chi connectivity index (χ4n) is 1.81. The molecule has 0 spiro atoms. The van der Waals surface area contributed by atoms with Crippen molar-refractivity contribution in [1.82, 2.24) is 0 Å². The highest BCUT2D eigenvalue weighted by Crippen LogP contribution is 2.33. The minimum Gasteiger partial charge on any atom is -0.397 e. The largest absolute Gasteiger partial charge is 0.397 e. The highest BCUT2D eigenvalue weighted by Gasteiger charge is 2.19. The van der Waals surface area contributed by atoms with Gasteiger partial charge in [-0.05, 0) is 37.0 Å². The Hall–Kier alpha value is -1.69. The molecular formula is C13H17N3. The molecule has 3 nitrogen and oxygen atoms in total. The van der Waals surface area contributed by atoms with Crippen LogP contribution in [-0.2, 0) is 0 Å². The van der Waals surface area contributed by atoms with Crippen molar-refractivity contribution in [2.75, 3.05) is 17.6 Å². The zero-order valence-electron chi connectivity index (χ0n) is 9.37. The van der Waals surface area contributed by atoms with E-state index in [1.165, 1.54) is 25.7 Å². The van der Waals surface area contributed by atoms with Crippen LogP contribution in [0.4, 0.5) is 11.4 Å². The maximum absolute atomic E-state index is 8.71. The van der Waals surface area contributed by atoms with E-state index in [2.05, 4.69) is 11.4 Å². The standard InChI is InChI=1S/C13H17N3/c14-9-11-5-6-13(12(15)8-11)16-7-1-2-10-3-4-10/h5-6,8,10,16H,1-4,7,15H2. The van der Waals surface area contributed by atoms with Crippen LogP contribution in [0.2, 0.25) is 0 Å². The van der Waals surface area contributed by atoms with E-state index >= 15 is 0 Å². The van der Waals surface area contributed by atoms with Crippen LogP contribution in [0.3, 0.4) is 0 Å². The second-order valence-electron chi connectivity index (χ2n) is 4.43. The Balaban J connectivity index is 1.81. The fraction of sp³-hybridized carbons (Fsp3) is 0.462. The summed E-state index contributed by atoms with van der Waals surface area (Å²) in [6, 6.07) is 7.46. The van der Waals surface area contributed by atoms with Crippen molar-refractivity contribution in [3.63, 3.8) is 0 Å². The van der Waals surface area contributed by atoms with Gasteiger partial charge in [-0.25, -0.2) is 0 Å². The second kappa shape index (κ2) is 4.89. The van der Waals surface area contributed by atoms with Crippen LogP contribution in [0.15, 0.2) is 18.2 Å². The zero-order valence-corrected chi connectivity index (χ0v) is 9.37. The molecule has 1 aliphatic carbocycles. The quantitative estimate of drug-likeness (QED) is 0.586. The summed E-state index contributed by atoms with van der Waals surface area (Å²) in [6.45, 7) is 0.965. The van der Waals surface area contributed by atoms with E-state index in [4.69, 9.17) is 11.0 Å². The summed E-state index contributed by atoms with van der Waals surface area (Å²) in [4.78, 5) is 0. The molecule has 3 N–H and O–H groups in total. The summed E-state index contributed by atoms with van der Waals surface area (Å²) in [5, 5.41) is 12.0. The third-order valence-electron chi connectivity index (χ3n) is 2.98. The summed E-state index contributed by atoms with van der Waals surface area (Å²) in [5.41, 5.74) is 8.05. The monoisotopic (exact) mass is 215 g/mol. The first kappa shape index (κ1) is 10.8. The van der Waals surface area contributed by atoms with Gasteiger partial charge in [0, 0.05) is 6.54 Å². The van der Waals surface area contributed by atoms with Crippen molar-refractivity contribution in [3.8, 4) is 6.07 Å². The smallest absolute Gasteiger partial charge is 0.0992 e. The molecule has 1 saturated carbocycles. The molecule has 0 radical (unpaired) electrons. The maximum atomic E-state index is 8.71. The molecular weight excluding hydrogens is 198 g/mol. The van der Waals surface area contributed by atoms with Gasteiger partial charge >= 0.3 is 0 Å². The van der Waals surface area contributed by atoms with E-state index in [1.54, 1.807) is 12.1 Å². The number of nitrogens with zero attached hydrogens (tertiary/aromatic N) is 1. The van der Waals surface area contributed by atoms with E-state index in [-0.39, 0.29) is 0 Å². The number of nitrogens with two attached hydrogens (primary N) is 1. The summed E-state index contributed by atoms with van der Waals surface area (Å²) < 4.78 is 0. The predicted octanol–water partition coefficient (Wildman–Crippen LogP) is 2.74. The average molecular weight is 215 g/mol. The molecule has 0 atom stereocenters. The molecule has 1 fully saturated rings. The number of hydrogen-bond donors (Lipinski definition) is 2. The van der Waals surface area contributed by atoms with Gasteiger partial charge in [0.1, 0.15) is 0 Å². The fourth-order valence-corrected chi connectivity index (χ4v) is 1.81. The molecule has 3 heteroatoms. The number of anilines is 2. The van der Waals surface area contributed by atoms with E-state index < -0.39 is 0 Å². The molecule has 1 aromatic rings. The van der Waals surface area contributed by atoms with Crippen molar-refractivity contribution >= 4 is 11.4 Å². The Bertz CT molecular complexity index is 402. The van der Waals surface area contributed by atoms with E-state index in [0.717, 1.165) is 18.2 Å². The Kier molecular flexibility index (Phi) is 3.31. The third kappa shape index (κ3) is 2.90. The summed E-state index contributed by atoms with van der Waals surface area (Å²) >= 11 is 0. The lowest BCUT2D eigenvalue weighted by Crippen LogP contribution is -2.04. The van der Waals surface area contributed by atoms with Crippen molar-refractivity contribution in [2.24, 2.45) is 5.92 Å². The van der Waals surface area contributed by atoms with Crippen LogP contribution in [0, 0.1) is 17.2 Å². The second-order valence-corrected chi connectivity index (χ2v) is 4.43. The number of rotatable bonds is 5. The predicted molar refractivity (Wildman–Crippen MR) is 66.0 cm³/mol. The molecule has 0 unspecified atom stereocenters. The number of nitriles is 1. The SMILES string of the molecule is N#Cc1ccc(NCCCC2CC2)c(N)c1. The highest BCUT2D eigenvalue weighted by molar-refractivity contribution is 5.68. The average Bonchev–Trinajstić information content (AvgIpc) is 3.10. The topological polar surface area (TPSA) is 61.8 Å². The first-order valence-corrected chi connectivity index (χ1v) is 5.83. The summed E-state index contributed by atoms with van der Waals surface area (Å²) in [5.74, 6) is 0.986. The zero-order chi connectivity index (χ0) is 11.4. The highest BCUT2D eigenvalue weighted by atomic mass is 14.9. The Morgan fingerprint density at radius 2 is 2.25 bits per heavy atom. The molecule has 0 saturated heterocycles. The van der Waals surface area contributed by atoms with Crippen LogP contribution in [0.25, 0.3) is 0 Å². The van der Waals surface area contributed by atoms with Gasteiger partial charge in [-0.15, -0.1) is 0 Å². The molecule has 0 amide bonds. The Labute approximate surface area is 96.3 Å². The van der Waals surface area contributed by atoms with Crippen molar-refractivity contribution in [1.29, 1.82) is 5.26 Å². The van der Waals surface area contributed by atoms with Gasteiger partial charge in [-0.3, -0.25) is 0 Å². The van der Waals surface area contributed by atoms with E-state index in [1.807, 2.05) is 6.07 Å². The minimum atomic E-state index is 0.612. The normalized spacial score (nSPS) is 14.4. The molecule has 84 valence electrons. The molecule has 0 heterocycles. The van der Waals surface area contributed by atoms with Gasteiger partial charge in [-0.1, -0.05) is 12.8 Å². The summed E-state index contributed by atoms with van der Waals surface area (Å²) in [6.07, 6.45) is 5.35. The van der Waals surface area contributed by atoms with Crippen molar-refractivity contribution in [3.05, 3.63) is 23.8 Å². The van der Waals surface area contributed by atoms with Gasteiger partial charge in [0.25, 0.3) is 0 Å². The van der Waals surface area contributed by atoms with Gasteiger partial charge in [0.05, 0.1) is 23.0 Å². The van der Waals surface area contributed by atoms with Crippen molar-refractivity contribution < 1.29 is 0 Å². The number of benzene rings is 1. The van der Waals surface area contributed by atoms with Gasteiger partial charge in [0.15, 0.2) is 0 Å². The van der Waals surface area contributed by atoms with Gasteiger partial charge in [-0.2, -0.15) is 5.26 Å². The van der Waals surface area contributed by atoms with E-state index in [0.29, 0.717) is 11.3 Å². The van der Waals surface area contributed by atoms with Crippen LogP contribution in [-0.4, -0.2) is 6.54 Å². The molecule has 1 aliphatic rings. The first-order valence-electron chi connectivity index (χ1n) is 5.83. The lowest BCUT2D eigenvalue weighted by Gasteiger charge is -2.09. The lowest BCUT2D eigenvalue weighted by atomic mass is 10.2.